The van der Waals surface area contributed by atoms with Gasteiger partial charge in [-0.25, -0.2) is 0 Å². The maximum absolute atomic E-state index is 5.72. The number of fused-ring (bicyclic) bond motifs is 1. The van der Waals surface area contributed by atoms with Gasteiger partial charge in [0, 0.05) is 31.6 Å². The Kier molecular flexibility index (Phi) is 6.03. The largest absolute Gasteiger partial charge is 0.496 e. The van der Waals surface area contributed by atoms with E-state index in [-0.39, 0.29) is 18.5 Å². The minimum atomic E-state index is 0. The van der Waals surface area contributed by atoms with Crippen molar-refractivity contribution in [3.63, 3.8) is 0 Å². The Morgan fingerprint density at radius 1 is 1.23 bits per heavy atom. The minimum absolute atomic E-state index is 0. The van der Waals surface area contributed by atoms with Gasteiger partial charge in [0.15, 0.2) is 0 Å². The smallest absolute Gasteiger partial charge is 0.126 e. The van der Waals surface area contributed by atoms with E-state index in [2.05, 4.69) is 35.2 Å². The third kappa shape index (κ3) is 3.52. The lowest BCUT2D eigenvalue weighted by molar-refractivity contribution is -0.0259. The fraction of sp³-hybridized carbons (Fsp3) is 0.412. The monoisotopic (exact) mass is 322 g/mol. The molecule has 0 amide bonds. The molecule has 22 heavy (non-hydrogen) atoms. The van der Waals surface area contributed by atoms with Crippen LogP contribution in [0.1, 0.15) is 5.56 Å². The quantitative estimate of drug-likeness (QED) is 0.939. The number of ether oxygens (including phenoxy) is 2. The lowest BCUT2D eigenvalue weighted by Crippen LogP contribution is -2.45. The summed E-state index contributed by atoms with van der Waals surface area (Å²) >= 11 is 0. The molecule has 2 N–H and O–H groups in total. The Balaban J connectivity index is 0.00000176. The van der Waals surface area contributed by atoms with Crippen molar-refractivity contribution in [3.8, 4) is 5.75 Å². The first-order chi connectivity index (χ1) is 10.3. The van der Waals surface area contributed by atoms with Crippen molar-refractivity contribution in [3.05, 3.63) is 42.0 Å². The van der Waals surface area contributed by atoms with E-state index in [4.69, 9.17) is 15.2 Å². The fourth-order valence-electron chi connectivity index (χ4n) is 2.96. The summed E-state index contributed by atoms with van der Waals surface area (Å²) in [5.41, 5.74) is 7.04. The number of rotatable bonds is 4. The zero-order valence-corrected chi connectivity index (χ0v) is 13.6. The van der Waals surface area contributed by atoms with E-state index < -0.39 is 0 Å². The predicted molar refractivity (Wildman–Crippen MR) is 91.8 cm³/mol. The third-order valence-electron chi connectivity index (χ3n) is 4.07. The van der Waals surface area contributed by atoms with Crippen molar-refractivity contribution in [2.75, 3.05) is 33.4 Å². The van der Waals surface area contributed by atoms with Gasteiger partial charge in [-0.15, -0.1) is 12.4 Å². The summed E-state index contributed by atoms with van der Waals surface area (Å²) in [5, 5.41) is 2.42. The van der Waals surface area contributed by atoms with Crippen LogP contribution in [0.25, 0.3) is 10.8 Å². The number of nitrogens with two attached hydrogens (primary N) is 1. The summed E-state index contributed by atoms with van der Waals surface area (Å²) in [6.07, 6.45) is 0.156. The Labute approximate surface area is 137 Å². The van der Waals surface area contributed by atoms with Crippen molar-refractivity contribution in [1.82, 2.24) is 4.90 Å². The molecule has 1 aliphatic heterocycles. The van der Waals surface area contributed by atoms with E-state index in [1.807, 2.05) is 6.07 Å². The molecule has 0 radical (unpaired) electrons. The molecule has 4 nitrogen and oxygen atoms in total. The second kappa shape index (κ2) is 7.79. The molecule has 1 heterocycles. The number of nitrogens with zero attached hydrogens (tertiary/aromatic N) is 1. The second-order valence-corrected chi connectivity index (χ2v) is 5.44. The highest BCUT2D eigenvalue weighted by atomic mass is 35.5. The molecule has 0 bridgehead atoms. The normalized spacial score (nSPS) is 18.9. The van der Waals surface area contributed by atoms with Crippen molar-refractivity contribution in [1.29, 1.82) is 0 Å². The van der Waals surface area contributed by atoms with Crippen molar-refractivity contribution < 1.29 is 9.47 Å². The van der Waals surface area contributed by atoms with Gasteiger partial charge in [-0.05, 0) is 17.0 Å². The van der Waals surface area contributed by atoms with E-state index in [1.54, 1.807) is 7.11 Å². The van der Waals surface area contributed by atoms with Gasteiger partial charge in [0.2, 0.25) is 0 Å². The number of hydrogen-bond donors (Lipinski definition) is 1. The lowest BCUT2D eigenvalue weighted by atomic mass is 10.0. The lowest BCUT2D eigenvalue weighted by Gasteiger charge is -2.32. The third-order valence-corrected chi connectivity index (χ3v) is 4.07. The number of morpholine rings is 1. The summed E-state index contributed by atoms with van der Waals surface area (Å²) < 4.78 is 11.1. The summed E-state index contributed by atoms with van der Waals surface area (Å²) in [5.74, 6) is 0.927. The highest BCUT2D eigenvalue weighted by Gasteiger charge is 2.20. The molecule has 2 aromatic rings. The van der Waals surface area contributed by atoms with Crippen LogP contribution in [0.4, 0.5) is 0 Å². The Morgan fingerprint density at radius 3 is 2.73 bits per heavy atom. The van der Waals surface area contributed by atoms with Gasteiger partial charge < -0.3 is 15.2 Å². The summed E-state index contributed by atoms with van der Waals surface area (Å²) in [6, 6.07) is 12.6. The summed E-state index contributed by atoms with van der Waals surface area (Å²) in [4.78, 5) is 2.41. The molecule has 120 valence electrons. The maximum atomic E-state index is 5.72. The average molecular weight is 323 g/mol. The molecular weight excluding hydrogens is 300 g/mol. The average Bonchev–Trinajstić information content (AvgIpc) is 2.55. The van der Waals surface area contributed by atoms with Crippen LogP contribution in [0.5, 0.6) is 5.75 Å². The first-order valence-electron chi connectivity index (χ1n) is 7.40. The van der Waals surface area contributed by atoms with E-state index in [1.165, 1.54) is 16.3 Å². The van der Waals surface area contributed by atoms with Crippen LogP contribution in [0.2, 0.25) is 0 Å². The molecule has 1 atom stereocenters. The van der Waals surface area contributed by atoms with Gasteiger partial charge in [-0.1, -0.05) is 30.3 Å². The zero-order chi connectivity index (χ0) is 14.7. The molecule has 3 rings (SSSR count). The Bertz CT molecular complexity index is 621. The molecule has 2 aromatic carbocycles. The van der Waals surface area contributed by atoms with Crippen LogP contribution in [0, 0.1) is 0 Å². The maximum Gasteiger partial charge on any atom is 0.126 e. The van der Waals surface area contributed by atoms with Gasteiger partial charge in [-0.3, -0.25) is 4.90 Å². The zero-order valence-electron chi connectivity index (χ0n) is 12.8. The highest BCUT2D eigenvalue weighted by molar-refractivity contribution is 5.91. The van der Waals surface area contributed by atoms with Crippen LogP contribution < -0.4 is 10.5 Å². The molecule has 0 aliphatic carbocycles. The Morgan fingerprint density at radius 2 is 2.00 bits per heavy atom. The predicted octanol–water partition coefficient (Wildman–Crippen LogP) is 2.43. The summed E-state index contributed by atoms with van der Waals surface area (Å²) in [7, 11) is 1.72. The van der Waals surface area contributed by atoms with Gasteiger partial charge in [0.25, 0.3) is 0 Å². The molecule has 0 saturated carbocycles. The SMILES string of the molecule is COc1ccc(CN2CCOC(CN)C2)c2ccccc12.Cl. The molecule has 0 spiro atoms. The molecule has 1 fully saturated rings. The van der Waals surface area contributed by atoms with Crippen LogP contribution in [0.15, 0.2) is 36.4 Å². The first kappa shape index (κ1) is 17.0. The molecule has 1 unspecified atom stereocenters. The second-order valence-electron chi connectivity index (χ2n) is 5.44. The van der Waals surface area contributed by atoms with Crippen LogP contribution in [0.3, 0.4) is 0 Å². The van der Waals surface area contributed by atoms with Gasteiger partial charge in [0.05, 0.1) is 19.8 Å². The first-order valence-corrected chi connectivity index (χ1v) is 7.40. The summed E-state index contributed by atoms with van der Waals surface area (Å²) in [6.45, 7) is 4.12. The number of halogens is 1. The van der Waals surface area contributed by atoms with Crippen LogP contribution >= 0.6 is 12.4 Å². The van der Waals surface area contributed by atoms with E-state index in [0.29, 0.717) is 6.54 Å². The van der Waals surface area contributed by atoms with Crippen LogP contribution in [-0.2, 0) is 11.3 Å². The fourth-order valence-corrected chi connectivity index (χ4v) is 2.96. The van der Waals surface area contributed by atoms with E-state index in [0.717, 1.165) is 32.0 Å². The van der Waals surface area contributed by atoms with Gasteiger partial charge in [-0.2, -0.15) is 0 Å². The van der Waals surface area contributed by atoms with Crippen LogP contribution in [-0.4, -0.2) is 44.4 Å². The van der Waals surface area contributed by atoms with E-state index >= 15 is 0 Å². The molecule has 0 aromatic heterocycles. The van der Waals surface area contributed by atoms with Gasteiger partial charge in [0.1, 0.15) is 5.75 Å². The molecule has 5 heteroatoms. The van der Waals surface area contributed by atoms with E-state index in [9.17, 15) is 0 Å². The highest BCUT2D eigenvalue weighted by Crippen LogP contribution is 2.29. The van der Waals surface area contributed by atoms with Gasteiger partial charge >= 0.3 is 0 Å². The number of benzene rings is 2. The number of methoxy groups -OCH3 is 1. The number of hydrogen-bond acceptors (Lipinski definition) is 4. The van der Waals surface area contributed by atoms with Crippen molar-refractivity contribution in [2.24, 2.45) is 5.73 Å². The minimum Gasteiger partial charge on any atom is -0.496 e. The van der Waals surface area contributed by atoms with Crippen molar-refractivity contribution >= 4 is 23.2 Å². The molecular formula is C17H23ClN2O2. The molecule has 1 saturated heterocycles. The van der Waals surface area contributed by atoms with Crippen molar-refractivity contribution in [2.45, 2.75) is 12.6 Å². The standard InChI is InChI=1S/C17H22N2O2.ClH/c1-20-17-7-6-13(15-4-2-3-5-16(15)17)11-19-8-9-21-14(10-18)12-19;/h2-7,14H,8-12,18H2,1H3;1H. The topological polar surface area (TPSA) is 47.7 Å². The Hall–Kier alpha value is -1.33. The molecule has 1 aliphatic rings.